The SMILES string of the molecule is CC(C)OC(=O)c1cncc([O])n1. The first kappa shape index (κ1) is 9.44. The molecule has 5 heteroatoms. The maximum Gasteiger partial charge on any atom is 0.358 e. The highest BCUT2D eigenvalue weighted by Gasteiger charge is 2.11. The van der Waals surface area contributed by atoms with Crippen molar-refractivity contribution in [2.45, 2.75) is 20.0 Å². The van der Waals surface area contributed by atoms with Crippen molar-refractivity contribution in [3.05, 3.63) is 18.1 Å². The zero-order valence-electron chi connectivity index (χ0n) is 7.35. The van der Waals surface area contributed by atoms with Crippen molar-refractivity contribution in [3.63, 3.8) is 0 Å². The minimum absolute atomic E-state index is 0.0544. The number of ether oxygens (including phenoxy) is 1. The zero-order chi connectivity index (χ0) is 9.84. The van der Waals surface area contributed by atoms with Gasteiger partial charge in [-0.2, -0.15) is 4.98 Å². The minimum Gasteiger partial charge on any atom is -0.458 e. The Balaban J connectivity index is 2.77. The Morgan fingerprint density at radius 2 is 2.15 bits per heavy atom. The van der Waals surface area contributed by atoms with Crippen molar-refractivity contribution in [3.8, 4) is 5.88 Å². The smallest absolute Gasteiger partial charge is 0.358 e. The first-order valence-corrected chi connectivity index (χ1v) is 3.79. The van der Waals surface area contributed by atoms with Crippen LogP contribution >= 0.6 is 0 Å². The Kier molecular flexibility index (Phi) is 2.79. The molecule has 0 spiro atoms. The monoisotopic (exact) mass is 181 g/mol. The molecule has 0 fully saturated rings. The van der Waals surface area contributed by atoms with Gasteiger partial charge >= 0.3 is 5.97 Å². The number of carbonyl (C=O) groups is 1. The van der Waals surface area contributed by atoms with Gasteiger partial charge in [0.1, 0.15) is 0 Å². The summed E-state index contributed by atoms with van der Waals surface area (Å²) in [5, 5.41) is 10.7. The number of carbonyl (C=O) groups excluding carboxylic acids is 1. The number of nitrogens with zero attached hydrogens (tertiary/aromatic N) is 2. The number of aromatic nitrogens is 2. The third-order valence-electron chi connectivity index (χ3n) is 1.16. The summed E-state index contributed by atoms with van der Waals surface area (Å²) >= 11 is 0. The van der Waals surface area contributed by atoms with E-state index >= 15 is 0 Å². The van der Waals surface area contributed by atoms with E-state index in [1.54, 1.807) is 13.8 Å². The van der Waals surface area contributed by atoms with Gasteiger partial charge in [-0.3, -0.25) is 10.1 Å². The average Bonchev–Trinajstić information content (AvgIpc) is 2.03. The molecule has 0 aliphatic carbocycles. The number of esters is 1. The van der Waals surface area contributed by atoms with Crippen molar-refractivity contribution in [1.29, 1.82) is 0 Å². The van der Waals surface area contributed by atoms with Crippen LogP contribution in [0.1, 0.15) is 24.3 Å². The van der Waals surface area contributed by atoms with E-state index in [9.17, 15) is 9.90 Å². The highest BCUT2D eigenvalue weighted by atomic mass is 16.5. The molecule has 13 heavy (non-hydrogen) atoms. The maximum absolute atomic E-state index is 11.1. The van der Waals surface area contributed by atoms with Crippen LogP contribution in [0, 0.1) is 0 Å². The summed E-state index contributed by atoms with van der Waals surface area (Å²) in [4.78, 5) is 18.1. The standard InChI is InChI=1S/C8H9N2O3/c1-5(2)13-8(12)6-3-9-4-7(11)10-6/h3-5H,1-2H3. The fourth-order valence-corrected chi connectivity index (χ4v) is 0.721. The third-order valence-corrected chi connectivity index (χ3v) is 1.16. The minimum atomic E-state index is -0.625. The Morgan fingerprint density at radius 1 is 1.46 bits per heavy atom. The van der Waals surface area contributed by atoms with Gasteiger partial charge in [0.25, 0.3) is 5.88 Å². The molecule has 0 N–H and O–H groups in total. The molecule has 0 bridgehead atoms. The summed E-state index contributed by atoms with van der Waals surface area (Å²) in [6.45, 7) is 3.43. The molecular weight excluding hydrogens is 172 g/mol. The number of hydrogen-bond donors (Lipinski definition) is 0. The van der Waals surface area contributed by atoms with E-state index in [1.165, 1.54) is 6.20 Å². The van der Waals surface area contributed by atoms with Crippen LogP contribution in [0.3, 0.4) is 0 Å². The first-order valence-electron chi connectivity index (χ1n) is 3.79. The summed E-state index contributed by atoms with van der Waals surface area (Å²) in [7, 11) is 0. The van der Waals surface area contributed by atoms with E-state index in [0.717, 1.165) is 6.20 Å². The molecule has 1 radical (unpaired) electrons. The third kappa shape index (κ3) is 2.70. The largest absolute Gasteiger partial charge is 0.458 e. The van der Waals surface area contributed by atoms with Crippen molar-refractivity contribution in [2.75, 3.05) is 0 Å². The molecule has 0 atom stereocenters. The van der Waals surface area contributed by atoms with Crippen LogP contribution < -0.4 is 0 Å². The van der Waals surface area contributed by atoms with E-state index in [-0.39, 0.29) is 11.8 Å². The van der Waals surface area contributed by atoms with Crippen molar-refractivity contribution >= 4 is 5.97 Å². The van der Waals surface area contributed by atoms with Gasteiger partial charge in [0.15, 0.2) is 5.69 Å². The highest BCUT2D eigenvalue weighted by molar-refractivity contribution is 5.87. The maximum atomic E-state index is 11.1. The molecule has 0 aliphatic heterocycles. The quantitative estimate of drug-likeness (QED) is 0.642. The predicted octanol–water partition coefficient (Wildman–Crippen LogP) is 1.19. The second kappa shape index (κ2) is 3.84. The van der Waals surface area contributed by atoms with Gasteiger partial charge in [-0.1, -0.05) is 0 Å². The second-order valence-corrected chi connectivity index (χ2v) is 2.70. The molecule has 0 saturated carbocycles. The Morgan fingerprint density at radius 3 is 2.69 bits per heavy atom. The zero-order valence-corrected chi connectivity index (χ0v) is 7.35. The molecule has 1 rings (SSSR count). The molecular formula is C8H9N2O3. The molecule has 0 aromatic carbocycles. The lowest BCUT2D eigenvalue weighted by Crippen LogP contribution is -2.13. The first-order chi connectivity index (χ1) is 6.09. The van der Waals surface area contributed by atoms with E-state index < -0.39 is 11.8 Å². The fourth-order valence-electron chi connectivity index (χ4n) is 0.721. The van der Waals surface area contributed by atoms with Gasteiger partial charge in [0, 0.05) is 0 Å². The normalized spacial score (nSPS) is 10.1. The molecule has 0 unspecified atom stereocenters. The molecule has 1 aromatic rings. The molecule has 1 aromatic heterocycles. The van der Waals surface area contributed by atoms with Crippen LogP contribution in [-0.2, 0) is 9.84 Å². The van der Waals surface area contributed by atoms with Crippen molar-refractivity contribution in [2.24, 2.45) is 0 Å². The van der Waals surface area contributed by atoms with Crippen LogP contribution in [0.15, 0.2) is 12.4 Å². The van der Waals surface area contributed by atoms with Crippen molar-refractivity contribution in [1.82, 2.24) is 9.97 Å². The van der Waals surface area contributed by atoms with E-state index in [1.807, 2.05) is 0 Å². The Bertz CT molecular complexity index is 312. The van der Waals surface area contributed by atoms with E-state index in [2.05, 4.69) is 9.97 Å². The molecule has 0 aliphatic rings. The van der Waals surface area contributed by atoms with E-state index in [0.29, 0.717) is 0 Å². The highest BCUT2D eigenvalue weighted by Crippen LogP contribution is 2.05. The summed E-state index contributed by atoms with van der Waals surface area (Å²) < 4.78 is 4.81. The summed E-state index contributed by atoms with van der Waals surface area (Å²) in [5.74, 6) is -1.17. The van der Waals surface area contributed by atoms with Crippen LogP contribution in [0.2, 0.25) is 0 Å². The Labute approximate surface area is 75.4 Å². The van der Waals surface area contributed by atoms with Gasteiger partial charge in [-0.05, 0) is 13.8 Å². The lowest BCUT2D eigenvalue weighted by atomic mass is 10.4. The van der Waals surface area contributed by atoms with Gasteiger partial charge in [0.2, 0.25) is 0 Å². The number of hydrogen-bond acceptors (Lipinski definition) is 4. The van der Waals surface area contributed by atoms with Crippen LogP contribution in [-0.4, -0.2) is 22.0 Å². The van der Waals surface area contributed by atoms with Gasteiger partial charge in [-0.25, -0.2) is 4.79 Å². The lowest BCUT2D eigenvalue weighted by molar-refractivity contribution is 0.0368. The average molecular weight is 181 g/mol. The molecule has 0 amide bonds. The topological polar surface area (TPSA) is 72.0 Å². The molecule has 69 valence electrons. The molecule has 5 nitrogen and oxygen atoms in total. The summed E-state index contributed by atoms with van der Waals surface area (Å²) in [6, 6.07) is 0. The lowest BCUT2D eigenvalue weighted by Gasteiger charge is -2.05. The number of rotatable bonds is 2. The van der Waals surface area contributed by atoms with E-state index in [4.69, 9.17) is 4.74 Å². The van der Waals surface area contributed by atoms with Gasteiger partial charge in [-0.15, -0.1) is 0 Å². The van der Waals surface area contributed by atoms with Crippen LogP contribution in [0.25, 0.3) is 0 Å². The molecule has 0 saturated heterocycles. The van der Waals surface area contributed by atoms with Gasteiger partial charge in [0.05, 0.1) is 18.5 Å². The second-order valence-electron chi connectivity index (χ2n) is 2.70. The van der Waals surface area contributed by atoms with Crippen molar-refractivity contribution < 1.29 is 14.6 Å². The predicted molar refractivity (Wildman–Crippen MR) is 42.7 cm³/mol. The summed E-state index contributed by atoms with van der Waals surface area (Å²) in [5.41, 5.74) is -0.0544. The fraction of sp³-hybridized carbons (Fsp3) is 0.375. The van der Waals surface area contributed by atoms with Crippen LogP contribution in [0.4, 0.5) is 0 Å². The Hall–Kier alpha value is -1.65. The van der Waals surface area contributed by atoms with Crippen LogP contribution in [0.5, 0.6) is 5.88 Å². The molecule has 1 heterocycles. The summed E-state index contributed by atoms with van der Waals surface area (Å²) in [6.07, 6.45) is 2.00. The van der Waals surface area contributed by atoms with Gasteiger partial charge < -0.3 is 4.74 Å².